The van der Waals surface area contributed by atoms with Gasteiger partial charge in [0.25, 0.3) is 0 Å². The summed E-state index contributed by atoms with van der Waals surface area (Å²) in [7, 11) is 0. The van der Waals surface area contributed by atoms with Crippen LogP contribution in [0.3, 0.4) is 0 Å². The lowest BCUT2D eigenvalue weighted by Crippen LogP contribution is -2.30. The van der Waals surface area contributed by atoms with Crippen LogP contribution in [-0.2, 0) is 20.9 Å². The molecule has 31 heavy (non-hydrogen) atoms. The number of carbonyl (C=O) groups is 2. The van der Waals surface area contributed by atoms with Gasteiger partial charge in [0.2, 0.25) is 11.8 Å². The van der Waals surface area contributed by atoms with Crippen LogP contribution in [0.1, 0.15) is 37.4 Å². The Hall–Kier alpha value is -3.24. The largest absolute Gasteiger partial charge is 0.755 e. The summed E-state index contributed by atoms with van der Waals surface area (Å²) in [4.78, 5) is 23.8. The number of hydrogen-bond acceptors (Lipinski definition) is 7. The first-order valence-electron chi connectivity index (χ1n) is 9.62. The second-order valence-corrected chi connectivity index (χ2v) is 7.91. The number of carbonyl (C=O) groups excluding carboxylic acids is 2. The molecular weight excluding hydrogens is 422 g/mol. The average Bonchev–Trinajstić information content (AvgIpc) is 3.19. The van der Waals surface area contributed by atoms with Gasteiger partial charge in [0.15, 0.2) is 11.5 Å². The maximum absolute atomic E-state index is 12.2. The SMILES string of the molecule is CC(=O)N1N=C(c2ccc(N(C(C)=O)S(=O)[O-])cc2)CC1c1ccc2c(c1)OCCO2. The standard InChI is InChI=1S/C21H21N3O6S/c1-13(25)23-19(16-5-8-20-21(11-16)30-10-9-29-20)12-18(22-23)15-3-6-17(7-4-15)24(14(2)26)31(27)28/h3-8,11,19H,9-10,12H2,1-2H3,(H,27,28)/p-1. The van der Waals surface area contributed by atoms with Crippen molar-refractivity contribution in [3.8, 4) is 11.5 Å². The summed E-state index contributed by atoms with van der Waals surface area (Å²) < 4.78 is 34.5. The van der Waals surface area contributed by atoms with E-state index in [9.17, 15) is 18.4 Å². The Labute approximate surface area is 181 Å². The molecule has 2 heterocycles. The van der Waals surface area contributed by atoms with E-state index in [1.807, 2.05) is 18.2 Å². The second-order valence-electron chi connectivity index (χ2n) is 7.11. The zero-order chi connectivity index (χ0) is 22.1. The summed E-state index contributed by atoms with van der Waals surface area (Å²) in [6.45, 7) is 3.60. The van der Waals surface area contributed by atoms with E-state index in [-0.39, 0.29) is 17.6 Å². The van der Waals surface area contributed by atoms with Gasteiger partial charge in [-0.15, -0.1) is 0 Å². The molecule has 4 rings (SSSR count). The van der Waals surface area contributed by atoms with Crippen LogP contribution < -0.4 is 13.8 Å². The van der Waals surface area contributed by atoms with Gasteiger partial charge in [-0.25, -0.2) is 9.31 Å². The molecule has 2 aromatic carbocycles. The van der Waals surface area contributed by atoms with Crippen molar-refractivity contribution in [2.45, 2.75) is 26.3 Å². The zero-order valence-electron chi connectivity index (χ0n) is 16.9. The molecule has 162 valence electrons. The Balaban J connectivity index is 1.60. The van der Waals surface area contributed by atoms with E-state index in [1.54, 1.807) is 12.1 Å². The average molecular weight is 442 g/mol. The third-order valence-corrected chi connectivity index (χ3v) is 5.82. The van der Waals surface area contributed by atoms with Crippen molar-refractivity contribution in [2.75, 3.05) is 17.5 Å². The lowest BCUT2D eigenvalue weighted by atomic mass is 9.98. The molecular formula is C21H20N3O6S-. The van der Waals surface area contributed by atoms with Crippen LogP contribution in [0.2, 0.25) is 0 Å². The monoisotopic (exact) mass is 442 g/mol. The third kappa shape index (κ3) is 4.17. The Bertz CT molecular complexity index is 1070. The molecule has 0 aromatic heterocycles. The van der Waals surface area contributed by atoms with Gasteiger partial charge in [-0.1, -0.05) is 18.2 Å². The quantitative estimate of drug-likeness (QED) is 0.672. The maximum atomic E-state index is 12.2. The summed E-state index contributed by atoms with van der Waals surface area (Å²) in [5.41, 5.74) is 2.52. The van der Waals surface area contributed by atoms with Crippen LogP contribution in [0.15, 0.2) is 47.6 Å². The highest BCUT2D eigenvalue weighted by atomic mass is 32.2. The fourth-order valence-corrected chi connectivity index (χ4v) is 4.17. The molecule has 0 aliphatic carbocycles. The van der Waals surface area contributed by atoms with Crippen LogP contribution in [-0.4, -0.2) is 44.5 Å². The van der Waals surface area contributed by atoms with E-state index in [4.69, 9.17) is 9.47 Å². The van der Waals surface area contributed by atoms with Gasteiger partial charge >= 0.3 is 0 Å². The molecule has 0 saturated heterocycles. The fourth-order valence-electron chi connectivity index (χ4n) is 3.66. The second kappa shape index (κ2) is 8.48. The Morgan fingerprint density at radius 1 is 1.10 bits per heavy atom. The van der Waals surface area contributed by atoms with Crippen molar-refractivity contribution in [1.29, 1.82) is 0 Å². The van der Waals surface area contributed by atoms with E-state index in [2.05, 4.69) is 5.10 Å². The van der Waals surface area contributed by atoms with Gasteiger partial charge in [-0.05, 0) is 35.4 Å². The highest BCUT2D eigenvalue weighted by molar-refractivity contribution is 7.81. The number of rotatable bonds is 4. The van der Waals surface area contributed by atoms with Crippen molar-refractivity contribution in [1.82, 2.24) is 5.01 Å². The molecule has 0 spiro atoms. The highest BCUT2D eigenvalue weighted by Crippen LogP contribution is 2.38. The normalized spacial score (nSPS) is 18.4. The van der Waals surface area contributed by atoms with Gasteiger partial charge in [0.05, 0.1) is 28.7 Å². The number of nitrogens with zero attached hydrogens (tertiary/aromatic N) is 3. The molecule has 2 aliphatic heterocycles. The molecule has 2 aromatic rings. The molecule has 2 aliphatic rings. The van der Waals surface area contributed by atoms with Crippen molar-refractivity contribution < 1.29 is 27.8 Å². The molecule has 0 bridgehead atoms. The first-order chi connectivity index (χ1) is 14.8. The Morgan fingerprint density at radius 2 is 1.77 bits per heavy atom. The molecule has 2 unspecified atom stereocenters. The predicted molar refractivity (Wildman–Crippen MR) is 112 cm³/mol. The van der Waals surface area contributed by atoms with Gasteiger partial charge in [-0.2, -0.15) is 5.10 Å². The van der Waals surface area contributed by atoms with Gasteiger partial charge in [0.1, 0.15) is 13.2 Å². The summed E-state index contributed by atoms with van der Waals surface area (Å²) in [6, 6.07) is 11.7. The summed E-state index contributed by atoms with van der Waals surface area (Å²) in [5.74, 6) is 0.501. The molecule has 0 saturated carbocycles. The van der Waals surface area contributed by atoms with Crippen LogP contribution in [0.4, 0.5) is 5.69 Å². The fraction of sp³-hybridized carbons (Fsp3) is 0.286. The number of benzene rings is 2. The van der Waals surface area contributed by atoms with Crippen LogP contribution in [0.25, 0.3) is 0 Å². The highest BCUT2D eigenvalue weighted by Gasteiger charge is 2.32. The van der Waals surface area contributed by atoms with E-state index in [1.165, 1.54) is 31.0 Å². The van der Waals surface area contributed by atoms with E-state index in [0.717, 1.165) is 11.1 Å². The lowest BCUT2D eigenvalue weighted by molar-refractivity contribution is -0.130. The summed E-state index contributed by atoms with van der Waals surface area (Å²) in [6.07, 6.45) is 0.475. The number of fused-ring (bicyclic) bond motifs is 1. The van der Waals surface area contributed by atoms with Gasteiger partial charge in [0, 0.05) is 20.3 Å². The number of hydrazone groups is 1. The topological polar surface area (TPSA) is 112 Å². The van der Waals surface area contributed by atoms with Gasteiger partial charge in [-0.3, -0.25) is 13.8 Å². The Kier molecular flexibility index (Phi) is 5.75. The smallest absolute Gasteiger partial charge is 0.240 e. The summed E-state index contributed by atoms with van der Waals surface area (Å²) >= 11 is -2.71. The van der Waals surface area contributed by atoms with Crippen LogP contribution in [0, 0.1) is 0 Å². The molecule has 10 heteroatoms. The van der Waals surface area contributed by atoms with Crippen LogP contribution in [0.5, 0.6) is 11.5 Å². The lowest BCUT2D eigenvalue weighted by Gasteiger charge is -2.23. The number of anilines is 1. The summed E-state index contributed by atoms with van der Waals surface area (Å²) in [5, 5.41) is 5.93. The van der Waals surface area contributed by atoms with E-state index in [0.29, 0.717) is 41.2 Å². The van der Waals surface area contributed by atoms with E-state index < -0.39 is 17.2 Å². The number of hydrogen-bond donors (Lipinski definition) is 0. The molecule has 0 N–H and O–H groups in total. The molecule has 0 radical (unpaired) electrons. The first kappa shape index (κ1) is 21.0. The predicted octanol–water partition coefficient (Wildman–Crippen LogP) is 2.30. The number of amides is 2. The third-order valence-electron chi connectivity index (χ3n) is 5.05. The van der Waals surface area contributed by atoms with Crippen molar-refractivity contribution >= 4 is 34.5 Å². The van der Waals surface area contributed by atoms with Crippen LogP contribution >= 0.6 is 0 Å². The minimum Gasteiger partial charge on any atom is -0.755 e. The molecule has 2 atom stereocenters. The zero-order valence-corrected chi connectivity index (χ0v) is 17.8. The minimum atomic E-state index is -2.71. The molecule has 2 amide bonds. The van der Waals surface area contributed by atoms with Gasteiger partial charge < -0.3 is 14.0 Å². The van der Waals surface area contributed by atoms with Crippen molar-refractivity contribution in [3.05, 3.63) is 53.6 Å². The minimum absolute atomic E-state index is 0.198. The Morgan fingerprint density at radius 3 is 2.39 bits per heavy atom. The molecule has 0 fully saturated rings. The molecule has 9 nitrogen and oxygen atoms in total. The van der Waals surface area contributed by atoms with E-state index >= 15 is 0 Å². The van der Waals surface area contributed by atoms with Crippen molar-refractivity contribution in [3.63, 3.8) is 0 Å². The maximum Gasteiger partial charge on any atom is 0.240 e. The number of ether oxygens (including phenoxy) is 2. The van der Waals surface area contributed by atoms with Crippen molar-refractivity contribution in [2.24, 2.45) is 5.10 Å². The first-order valence-corrected chi connectivity index (χ1v) is 10.7.